The van der Waals surface area contributed by atoms with Crippen LogP contribution >= 0.6 is 11.3 Å². The van der Waals surface area contributed by atoms with Gasteiger partial charge in [0.1, 0.15) is 0 Å². The van der Waals surface area contributed by atoms with Gasteiger partial charge in [-0.15, -0.1) is 11.3 Å². The molecule has 0 aliphatic heterocycles. The summed E-state index contributed by atoms with van der Waals surface area (Å²) >= 11 is 1.76. The van der Waals surface area contributed by atoms with Gasteiger partial charge in [-0.05, 0) is 36.8 Å². The Morgan fingerprint density at radius 2 is 2.32 bits per heavy atom. The molecule has 2 heterocycles. The molecule has 19 heavy (non-hydrogen) atoms. The van der Waals surface area contributed by atoms with Crippen molar-refractivity contribution in [1.82, 2.24) is 9.55 Å². The minimum atomic E-state index is 0.223. The Balaban J connectivity index is 1.80. The van der Waals surface area contributed by atoms with Crippen molar-refractivity contribution in [3.05, 3.63) is 39.6 Å². The Bertz CT molecular complexity index is 555. The fourth-order valence-electron chi connectivity index (χ4n) is 2.81. The van der Waals surface area contributed by atoms with E-state index in [-0.39, 0.29) is 6.04 Å². The normalized spacial score (nSPS) is 19.2. The molecule has 4 heteroatoms. The van der Waals surface area contributed by atoms with Crippen molar-refractivity contribution >= 4 is 11.3 Å². The van der Waals surface area contributed by atoms with Crippen molar-refractivity contribution in [2.24, 2.45) is 5.73 Å². The van der Waals surface area contributed by atoms with Gasteiger partial charge in [0.05, 0.1) is 17.2 Å². The van der Waals surface area contributed by atoms with E-state index in [0.29, 0.717) is 0 Å². The number of nitrogens with two attached hydrogens (primary N) is 1. The van der Waals surface area contributed by atoms with Crippen molar-refractivity contribution in [1.29, 1.82) is 0 Å². The van der Waals surface area contributed by atoms with Crippen LogP contribution < -0.4 is 5.73 Å². The van der Waals surface area contributed by atoms with Crippen molar-refractivity contribution < 1.29 is 0 Å². The van der Waals surface area contributed by atoms with Crippen LogP contribution in [0.2, 0.25) is 0 Å². The van der Waals surface area contributed by atoms with Crippen molar-refractivity contribution in [3.8, 4) is 0 Å². The van der Waals surface area contributed by atoms with Crippen LogP contribution in [0, 0.1) is 0 Å². The molecule has 3 nitrogen and oxygen atoms in total. The van der Waals surface area contributed by atoms with E-state index in [2.05, 4.69) is 34.2 Å². The van der Waals surface area contributed by atoms with Gasteiger partial charge in [0, 0.05) is 23.8 Å². The van der Waals surface area contributed by atoms with Gasteiger partial charge in [0.2, 0.25) is 0 Å². The number of rotatable bonds is 3. The Morgan fingerprint density at radius 3 is 3.11 bits per heavy atom. The molecule has 2 aromatic heterocycles. The molecule has 1 atom stereocenters. The lowest BCUT2D eigenvalue weighted by Crippen LogP contribution is -2.09. The molecular formula is C15H21N3S. The van der Waals surface area contributed by atoms with Crippen molar-refractivity contribution in [2.45, 2.75) is 51.6 Å². The first-order chi connectivity index (χ1) is 9.26. The van der Waals surface area contributed by atoms with Gasteiger partial charge in [-0.3, -0.25) is 0 Å². The Morgan fingerprint density at radius 1 is 1.42 bits per heavy atom. The van der Waals surface area contributed by atoms with Gasteiger partial charge in [0.25, 0.3) is 0 Å². The van der Waals surface area contributed by atoms with E-state index in [9.17, 15) is 0 Å². The third kappa shape index (κ3) is 2.74. The van der Waals surface area contributed by atoms with Gasteiger partial charge in [-0.2, -0.15) is 0 Å². The smallest absolute Gasteiger partial charge is 0.0926 e. The van der Waals surface area contributed by atoms with Gasteiger partial charge in [-0.25, -0.2) is 4.98 Å². The molecule has 0 bridgehead atoms. The quantitative estimate of drug-likeness (QED) is 0.874. The van der Waals surface area contributed by atoms with E-state index < -0.39 is 0 Å². The fraction of sp³-hybridized carbons (Fsp3) is 0.533. The van der Waals surface area contributed by atoms with Crippen LogP contribution in [-0.2, 0) is 19.4 Å². The second-order valence-corrected chi connectivity index (χ2v) is 6.29. The number of fused-ring (bicyclic) bond motifs is 1. The molecule has 1 unspecified atom stereocenters. The van der Waals surface area contributed by atoms with Crippen LogP contribution in [0.1, 0.15) is 54.1 Å². The van der Waals surface area contributed by atoms with Crippen LogP contribution in [0.4, 0.5) is 0 Å². The summed E-state index contributed by atoms with van der Waals surface area (Å²) < 4.78 is 2.25. The largest absolute Gasteiger partial charge is 0.348 e. The second kappa shape index (κ2) is 5.47. The Labute approximate surface area is 118 Å². The summed E-state index contributed by atoms with van der Waals surface area (Å²) in [5.41, 5.74) is 10.2. The molecule has 0 saturated carbocycles. The number of hydrogen-bond acceptors (Lipinski definition) is 3. The molecule has 102 valence electrons. The van der Waals surface area contributed by atoms with E-state index in [0.717, 1.165) is 19.4 Å². The fourth-order valence-corrected chi connectivity index (χ4v) is 3.55. The molecule has 0 amide bonds. The molecule has 1 aliphatic rings. The number of thiazole rings is 1. The van der Waals surface area contributed by atoms with Crippen molar-refractivity contribution in [3.63, 3.8) is 0 Å². The number of nitrogens with zero attached hydrogens (tertiary/aromatic N) is 2. The number of aromatic nitrogens is 2. The monoisotopic (exact) mass is 275 g/mol. The van der Waals surface area contributed by atoms with Gasteiger partial charge >= 0.3 is 0 Å². The predicted octanol–water partition coefficient (Wildman–Crippen LogP) is 3.28. The maximum absolute atomic E-state index is 6.25. The molecule has 0 fully saturated rings. The first-order valence-corrected chi connectivity index (χ1v) is 8.01. The molecule has 0 aromatic carbocycles. The summed E-state index contributed by atoms with van der Waals surface area (Å²) in [4.78, 5) is 4.63. The molecule has 2 N–H and O–H groups in total. The lowest BCUT2D eigenvalue weighted by atomic mass is 10.1. The molecule has 3 rings (SSSR count). The van der Waals surface area contributed by atoms with Crippen LogP contribution in [0.25, 0.3) is 0 Å². The molecular weight excluding hydrogens is 254 g/mol. The van der Waals surface area contributed by atoms with Crippen LogP contribution in [-0.4, -0.2) is 9.55 Å². The minimum absolute atomic E-state index is 0.223. The third-order valence-corrected chi connectivity index (χ3v) is 4.90. The molecule has 2 aromatic rings. The van der Waals surface area contributed by atoms with Crippen LogP contribution in [0.3, 0.4) is 0 Å². The maximum atomic E-state index is 6.25. The zero-order chi connectivity index (χ0) is 13.2. The topological polar surface area (TPSA) is 43.8 Å². The molecule has 1 aliphatic carbocycles. The van der Waals surface area contributed by atoms with Crippen LogP contribution in [0.15, 0.2) is 17.8 Å². The van der Waals surface area contributed by atoms with Crippen LogP contribution in [0.5, 0.6) is 0 Å². The summed E-state index contributed by atoms with van der Waals surface area (Å²) in [6.07, 6.45) is 10.3. The van der Waals surface area contributed by atoms with E-state index in [4.69, 9.17) is 5.73 Å². The third-order valence-electron chi connectivity index (χ3n) is 3.85. The lowest BCUT2D eigenvalue weighted by molar-refractivity contribution is 0.609. The van der Waals surface area contributed by atoms with Gasteiger partial charge < -0.3 is 10.3 Å². The Hall–Kier alpha value is -1.13. The maximum Gasteiger partial charge on any atom is 0.0926 e. The van der Waals surface area contributed by atoms with Gasteiger partial charge in [-0.1, -0.05) is 13.3 Å². The molecule has 0 spiro atoms. The van der Waals surface area contributed by atoms with E-state index in [1.165, 1.54) is 41.1 Å². The average Bonchev–Trinajstić information content (AvgIpc) is 2.98. The zero-order valence-electron chi connectivity index (χ0n) is 11.4. The van der Waals surface area contributed by atoms with Crippen molar-refractivity contribution in [2.75, 3.05) is 0 Å². The summed E-state index contributed by atoms with van der Waals surface area (Å²) in [6, 6.07) is 0.223. The highest BCUT2D eigenvalue weighted by Crippen LogP contribution is 2.28. The SMILES string of the molecule is CCc1nc(Cn2cc3c(c2)C(N)CCCC3)cs1. The van der Waals surface area contributed by atoms with E-state index in [1.54, 1.807) is 11.3 Å². The highest BCUT2D eigenvalue weighted by Gasteiger charge is 2.17. The summed E-state index contributed by atoms with van der Waals surface area (Å²) in [7, 11) is 0. The van der Waals surface area contributed by atoms with Gasteiger partial charge in [0.15, 0.2) is 0 Å². The number of aryl methyl sites for hydroxylation is 2. The van der Waals surface area contributed by atoms with E-state index in [1.807, 2.05) is 0 Å². The highest BCUT2D eigenvalue weighted by atomic mass is 32.1. The second-order valence-electron chi connectivity index (χ2n) is 5.35. The van der Waals surface area contributed by atoms with E-state index >= 15 is 0 Å². The number of hydrogen-bond donors (Lipinski definition) is 1. The average molecular weight is 275 g/mol. The lowest BCUT2D eigenvalue weighted by Gasteiger charge is -2.07. The zero-order valence-corrected chi connectivity index (χ0v) is 12.2. The first-order valence-electron chi connectivity index (χ1n) is 7.13. The Kier molecular flexibility index (Phi) is 3.71. The minimum Gasteiger partial charge on any atom is -0.348 e. The highest BCUT2D eigenvalue weighted by molar-refractivity contribution is 7.09. The first kappa shape index (κ1) is 12.9. The predicted molar refractivity (Wildman–Crippen MR) is 79.5 cm³/mol. The summed E-state index contributed by atoms with van der Waals surface area (Å²) in [5.74, 6) is 0. The molecule has 0 saturated heterocycles. The summed E-state index contributed by atoms with van der Waals surface area (Å²) in [5, 5.41) is 3.39. The molecule has 0 radical (unpaired) electrons. The standard InChI is InChI=1S/C15H21N3S/c1-2-15-17-12(10-19-15)8-18-7-11-5-3-4-6-14(16)13(11)9-18/h7,9-10,14H,2-6,8,16H2,1H3. The summed E-state index contributed by atoms with van der Waals surface area (Å²) in [6.45, 7) is 3.02.